The topological polar surface area (TPSA) is 69.2 Å². The fourth-order valence-corrected chi connectivity index (χ4v) is 4.80. The van der Waals surface area contributed by atoms with E-state index in [1.807, 2.05) is 41.8 Å². The minimum Gasteiger partial charge on any atom is -0.493 e. The Hall–Kier alpha value is -3.03. The Morgan fingerprint density at radius 3 is 2.34 bits per heavy atom. The largest absolute Gasteiger partial charge is 0.493 e. The molecule has 0 saturated carbocycles. The number of thiophene rings is 1. The van der Waals surface area contributed by atoms with Crippen LogP contribution in [0.4, 0.5) is 5.00 Å². The summed E-state index contributed by atoms with van der Waals surface area (Å²) >= 11 is 8.14. The van der Waals surface area contributed by atoms with Crippen molar-refractivity contribution in [2.45, 2.75) is 12.8 Å². The van der Waals surface area contributed by atoms with Gasteiger partial charge >= 0.3 is 0 Å². The maximum Gasteiger partial charge on any atom is 0.246 e. The molecule has 1 aliphatic rings. The second kappa shape index (κ2) is 9.63. The van der Waals surface area contributed by atoms with Crippen molar-refractivity contribution in [3.8, 4) is 17.2 Å². The number of ether oxygens (including phenoxy) is 3. The van der Waals surface area contributed by atoms with E-state index in [1.165, 1.54) is 11.3 Å². The second-order valence-electron chi connectivity index (χ2n) is 7.22. The number of carbonyl (C=O) groups is 1. The highest BCUT2D eigenvalue weighted by Crippen LogP contribution is 2.38. The number of aliphatic imine (C=N–C) groups is 1. The zero-order valence-corrected chi connectivity index (χ0v) is 19.6. The molecule has 0 aliphatic carbocycles. The Morgan fingerprint density at radius 1 is 0.969 bits per heavy atom. The van der Waals surface area contributed by atoms with Crippen molar-refractivity contribution in [1.29, 1.82) is 0 Å². The van der Waals surface area contributed by atoms with Crippen molar-refractivity contribution in [3.63, 3.8) is 0 Å². The molecule has 0 fully saturated rings. The number of aryl methyl sites for hydroxylation is 2. The summed E-state index contributed by atoms with van der Waals surface area (Å²) in [6.07, 6.45) is 1.56. The van der Waals surface area contributed by atoms with Gasteiger partial charge in [0.1, 0.15) is 11.5 Å². The van der Waals surface area contributed by atoms with Crippen molar-refractivity contribution in [2.24, 2.45) is 4.99 Å². The van der Waals surface area contributed by atoms with Crippen LogP contribution in [0.25, 0.3) is 0 Å². The molecular weight excluding hydrogens is 448 g/mol. The average molecular weight is 471 g/mol. The van der Waals surface area contributed by atoms with Crippen molar-refractivity contribution < 1.29 is 19.0 Å². The van der Waals surface area contributed by atoms with E-state index in [1.54, 1.807) is 21.3 Å². The Bertz CT molecular complexity index is 1160. The predicted molar refractivity (Wildman–Crippen MR) is 128 cm³/mol. The van der Waals surface area contributed by atoms with Gasteiger partial charge in [0.15, 0.2) is 11.5 Å². The molecule has 0 bridgehead atoms. The number of carbonyl (C=O) groups excluding carboxylic acids is 1. The van der Waals surface area contributed by atoms with E-state index < -0.39 is 0 Å². The third kappa shape index (κ3) is 4.45. The number of nitrogens with one attached hydrogen (secondary N) is 1. The van der Waals surface area contributed by atoms with Crippen LogP contribution in [0.5, 0.6) is 17.2 Å². The number of amides is 1. The van der Waals surface area contributed by atoms with Gasteiger partial charge in [0.25, 0.3) is 0 Å². The molecule has 1 amide bonds. The van der Waals surface area contributed by atoms with Gasteiger partial charge in [0.2, 0.25) is 11.7 Å². The van der Waals surface area contributed by atoms with E-state index in [4.69, 9.17) is 25.8 Å². The maximum atomic E-state index is 11.9. The summed E-state index contributed by atoms with van der Waals surface area (Å²) in [4.78, 5) is 16.5. The van der Waals surface area contributed by atoms with Gasteiger partial charge in [-0.05, 0) is 53.6 Å². The number of hydrogen-bond donors (Lipinski definition) is 1. The van der Waals surface area contributed by atoms with E-state index in [9.17, 15) is 4.79 Å². The molecule has 1 N–H and O–H groups in total. The molecule has 1 aliphatic heterocycles. The van der Waals surface area contributed by atoms with Gasteiger partial charge in [0, 0.05) is 11.1 Å². The molecule has 1 aromatic heterocycles. The number of nitrogens with zero attached hydrogens (tertiary/aromatic N) is 1. The summed E-state index contributed by atoms with van der Waals surface area (Å²) in [5, 5.41) is 6.24. The molecule has 0 spiro atoms. The van der Waals surface area contributed by atoms with Crippen LogP contribution in [0.3, 0.4) is 0 Å². The molecule has 0 radical (unpaired) electrons. The molecule has 2 heterocycles. The third-order valence-electron chi connectivity index (χ3n) is 5.27. The SMILES string of the molecule is COc1cc(CCc2ccc(C3=NCC(=O)Nc4sccc43)c(Cl)c2)cc(OC)c1OC. The van der Waals surface area contributed by atoms with Crippen LogP contribution in [-0.2, 0) is 17.6 Å². The molecule has 2 aromatic carbocycles. The number of fused-ring (bicyclic) bond motifs is 1. The summed E-state index contributed by atoms with van der Waals surface area (Å²) in [5.74, 6) is 1.73. The number of rotatable bonds is 7. The molecule has 6 nitrogen and oxygen atoms in total. The molecule has 0 saturated heterocycles. The zero-order valence-electron chi connectivity index (χ0n) is 18.0. The number of halogens is 1. The van der Waals surface area contributed by atoms with Crippen LogP contribution in [0, 0.1) is 0 Å². The molecular formula is C24H23ClN2O4S. The first-order valence-electron chi connectivity index (χ1n) is 10.0. The van der Waals surface area contributed by atoms with E-state index >= 15 is 0 Å². The number of methoxy groups -OCH3 is 3. The Morgan fingerprint density at radius 2 is 1.69 bits per heavy atom. The smallest absolute Gasteiger partial charge is 0.246 e. The second-order valence-corrected chi connectivity index (χ2v) is 8.55. The first-order chi connectivity index (χ1) is 15.5. The predicted octanol–water partition coefficient (Wildman–Crippen LogP) is 5.00. The summed E-state index contributed by atoms with van der Waals surface area (Å²) in [6.45, 7) is 0.0793. The Kier molecular flexibility index (Phi) is 6.67. The number of anilines is 1. The van der Waals surface area contributed by atoms with E-state index in [0.717, 1.165) is 45.8 Å². The molecule has 0 unspecified atom stereocenters. The lowest BCUT2D eigenvalue weighted by atomic mass is 9.99. The molecule has 32 heavy (non-hydrogen) atoms. The Labute approximate surface area is 195 Å². The normalized spacial score (nSPS) is 13.0. The standard InChI is InChI=1S/C24H23ClN2O4S/c1-29-19-11-15(12-20(30-2)23(19)31-3)5-4-14-6-7-16(18(25)10-14)22-17-8-9-32-24(17)27-21(28)13-26-22/h6-12H,4-5,13H2,1-3H3,(H,27,28). The monoisotopic (exact) mass is 470 g/mol. The van der Waals surface area contributed by atoms with E-state index in [2.05, 4.69) is 10.3 Å². The van der Waals surface area contributed by atoms with Crippen LogP contribution >= 0.6 is 22.9 Å². The van der Waals surface area contributed by atoms with Crippen molar-refractivity contribution in [3.05, 3.63) is 69.1 Å². The van der Waals surface area contributed by atoms with Crippen LogP contribution in [0.1, 0.15) is 22.3 Å². The number of hydrogen-bond acceptors (Lipinski definition) is 6. The first-order valence-corrected chi connectivity index (χ1v) is 11.3. The minimum absolute atomic E-state index is 0.0793. The summed E-state index contributed by atoms with van der Waals surface area (Å²) in [7, 11) is 4.81. The van der Waals surface area contributed by atoms with Crippen molar-refractivity contribution in [2.75, 3.05) is 33.2 Å². The zero-order chi connectivity index (χ0) is 22.7. The van der Waals surface area contributed by atoms with Gasteiger partial charge in [-0.2, -0.15) is 0 Å². The summed E-state index contributed by atoms with van der Waals surface area (Å²) in [5.41, 5.74) is 4.62. The molecule has 166 valence electrons. The number of benzene rings is 2. The lowest BCUT2D eigenvalue weighted by Crippen LogP contribution is -2.12. The van der Waals surface area contributed by atoms with Gasteiger partial charge in [-0.3, -0.25) is 9.79 Å². The molecule has 3 aromatic rings. The van der Waals surface area contributed by atoms with E-state index in [-0.39, 0.29) is 12.5 Å². The third-order valence-corrected chi connectivity index (χ3v) is 6.41. The Balaban J connectivity index is 1.56. The lowest BCUT2D eigenvalue weighted by Gasteiger charge is -2.14. The fraction of sp³-hybridized carbons (Fsp3) is 0.250. The first kappa shape index (κ1) is 22.2. The quantitative estimate of drug-likeness (QED) is 0.527. The average Bonchev–Trinajstić information content (AvgIpc) is 3.19. The van der Waals surface area contributed by atoms with Crippen molar-refractivity contribution >= 4 is 39.6 Å². The highest BCUT2D eigenvalue weighted by molar-refractivity contribution is 7.14. The lowest BCUT2D eigenvalue weighted by molar-refractivity contribution is -0.114. The van der Waals surface area contributed by atoms with Crippen LogP contribution in [0.2, 0.25) is 5.02 Å². The van der Waals surface area contributed by atoms with Gasteiger partial charge in [-0.25, -0.2) is 0 Å². The molecule has 0 atom stereocenters. The van der Waals surface area contributed by atoms with Crippen LogP contribution in [-0.4, -0.2) is 39.5 Å². The molecule has 8 heteroatoms. The molecule has 4 rings (SSSR count). The van der Waals surface area contributed by atoms with Crippen molar-refractivity contribution in [1.82, 2.24) is 0 Å². The van der Waals surface area contributed by atoms with Gasteiger partial charge in [-0.1, -0.05) is 23.7 Å². The van der Waals surface area contributed by atoms with Crippen LogP contribution < -0.4 is 19.5 Å². The minimum atomic E-state index is -0.123. The summed E-state index contributed by atoms with van der Waals surface area (Å²) in [6, 6.07) is 11.9. The summed E-state index contributed by atoms with van der Waals surface area (Å²) < 4.78 is 16.3. The maximum absolute atomic E-state index is 11.9. The van der Waals surface area contributed by atoms with Gasteiger partial charge in [-0.15, -0.1) is 11.3 Å². The van der Waals surface area contributed by atoms with Gasteiger partial charge < -0.3 is 19.5 Å². The highest BCUT2D eigenvalue weighted by atomic mass is 35.5. The van der Waals surface area contributed by atoms with Gasteiger partial charge in [0.05, 0.1) is 32.1 Å². The van der Waals surface area contributed by atoms with Crippen LogP contribution in [0.15, 0.2) is 46.8 Å². The van der Waals surface area contributed by atoms with E-state index in [0.29, 0.717) is 22.3 Å². The highest BCUT2D eigenvalue weighted by Gasteiger charge is 2.21. The fourth-order valence-electron chi connectivity index (χ4n) is 3.70.